The van der Waals surface area contributed by atoms with Gasteiger partial charge < -0.3 is 40.5 Å². The van der Waals surface area contributed by atoms with Gasteiger partial charge in [0.2, 0.25) is 0 Å². The molecule has 6 heteroatoms. The van der Waals surface area contributed by atoms with Gasteiger partial charge in [0.15, 0.2) is 0 Å². The first-order valence-corrected chi connectivity index (χ1v) is 0. The molecule has 0 aromatic rings. The predicted molar refractivity (Wildman–Crippen MR) is 22.1 cm³/mol. The van der Waals surface area contributed by atoms with Gasteiger partial charge in [-0.05, 0) is 0 Å². The minimum Gasteiger partial charge on any atom is -2.00 e. The van der Waals surface area contributed by atoms with E-state index in [0.29, 0.717) is 0 Å². The van der Waals surface area contributed by atoms with Crippen molar-refractivity contribution in [1.82, 2.24) is 0 Å². The van der Waals surface area contributed by atoms with Gasteiger partial charge in [0, 0.05) is 0 Å². The topological polar surface area (TPSA) is 0 Å². The average Bonchev–Trinajstić information content (AvgIpc) is 0. The summed E-state index contributed by atoms with van der Waals surface area (Å²) in [6, 6.07) is 0. The molecule has 6 heavy (non-hydrogen) atoms. The van der Waals surface area contributed by atoms with E-state index in [1.807, 2.05) is 0 Å². The van der Waals surface area contributed by atoms with Crippen LogP contribution in [0.1, 0.15) is 0 Å². The van der Waals surface area contributed by atoms with Crippen LogP contribution in [0.15, 0.2) is 0 Å². The Hall–Kier alpha value is 2.96. The summed E-state index contributed by atoms with van der Waals surface area (Å²) in [6.45, 7) is 0. The Morgan fingerprint density at radius 3 is 0.500 bits per heavy atom. The Labute approximate surface area is 98.5 Å². The second-order valence-electron chi connectivity index (χ2n) is 0. The van der Waals surface area contributed by atoms with Crippen molar-refractivity contribution in [2.24, 2.45) is 0 Å². The molecule has 0 nitrogen and oxygen atoms in total. The molecule has 0 fully saturated rings. The van der Waals surface area contributed by atoms with Crippen LogP contribution in [0.3, 0.4) is 0 Å². The first-order valence-electron chi connectivity index (χ1n) is 0. The smallest absolute Gasteiger partial charge is 2.00 e. The minimum atomic E-state index is 0. The molecule has 0 saturated heterocycles. The summed E-state index contributed by atoms with van der Waals surface area (Å²) in [5.74, 6) is 0. The first kappa shape index (κ1) is 64.8. The number of rotatable bonds is 0. The molecule has 0 aliphatic carbocycles. The summed E-state index contributed by atoms with van der Waals surface area (Å²) in [6.07, 6.45) is 0. The number of hydrogen-bond donors (Lipinski definition) is 0. The summed E-state index contributed by atoms with van der Waals surface area (Å²) < 4.78 is 0. The Balaban J connectivity index is 0. The van der Waals surface area contributed by atoms with Crippen LogP contribution < -0.4 is 37.7 Å². The third-order valence-electron chi connectivity index (χ3n) is 0. The van der Waals surface area contributed by atoms with Gasteiger partial charge in [-0.1, -0.05) is 0 Å². The quantitative estimate of drug-likeness (QED) is 0.308. The Kier molecular flexibility index (Phi) is 476. The third-order valence-corrected chi connectivity index (χ3v) is 0. The molecule has 0 bridgehead atoms. The molecular formula is Li2S3Ti. The van der Waals surface area contributed by atoms with Crippen LogP contribution in [-0.2, 0) is 62.2 Å². The van der Waals surface area contributed by atoms with Crippen molar-refractivity contribution in [3.05, 3.63) is 0 Å². The maximum absolute atomic E-state index is 0. The zero-order chi connectivity index (χ0) is 0. The van der Waals surface area contributed by atoms with E-state index in [2.05, 4.69) is 0 Å². The zero-order valence-corrected chi connectivity index (χ0v) is 7.74. The fourth-order valence-electron chi connectivity index (χ4n) is 0. The maximum atomic E-state index is 0. The van der Waals surface area contributed by atoms with E-state index >= 15 is 0 Å². The zero-order valence-electron chi connectivity index (χ0n) is 3.72. The summed E-state index contributed by atoms with van der Waals surface area (Å²) in [5.41, 5.74) is 0. The molecular weight excluding hydrogens is 158 g/mol. The summed E-state index contributed by atoms with van der Waals surface area (Å²) >= 11 is 0. The third kappa shape index (κ3) is 28.2. The average molecular weight is 158 g/mol. The maximum Gasteiger partial charge on any atom is 4.00 e. The Morgan fingerprint density at radius 1 is 0.500 bits per heavy atom. The molecule has 0 spiro atoms. The van der Waals surface area contributed by atoms with E-state index in [1.54, 1.807) is 0 Å². The molecule has 24 valence electrons. The summed E-state index contributed by atoms with van der Waals surface area (Å²) in [5, 5.41) is 0. The van der Waals surface area contributed by atoms with E-state index in [0.717, 1.165) is 0 Å². The van der Waals surface area contributed by atoms with Crippen LogP contribution in [-0.4, -0.2) is 0 Å². The molecule has 0 aromatic carbocycles. The van der Waals surface area contributed by atoms with Crippen molar-refractivity contribution < 1.29 is 59.4 Å². The van der Waals surface area contributed by atoms with E-state index < -0.39 is 0 Å². The van der Waals surface area contributed by atoms with Crippen LogP contribution >= 0.6 is 0 Å². The van der Waals surface area contributed by atoms with Crippen molar-refractivity contribution in [3.8, 4) is 0 Å². The molecule has 0 N–H and O–H groups in total. The molecule has 0 atom stereocenters. The van der Waals surface area contributed by atoms with Crippen molar-refractivity contribution in [3.63, 3.8) is 0 Å². The van der Waals surface area contributed by atoms with Gasteiger partial charge in [-0.2, -0.15) is 0 Å². The molecule has 0 amide bonds. The molecule has 0 unspecified atom stereocenters. The fraction of sp³-hybridized carbons (Fsp3) is 0. The van der Waals surface area contributed by atoms with Gasteiger partial charge >= 0.3 is 59.4 Å². The van der Waals surface area contributed by atoms with Gasteiger partial charge in [-0.3, -0.25) is 0 Å². The van der Waals surface area contributed by atoms with E-state index in [1.165, 1.54) is 0 Å². The number of hydrogen-bond acceptors (Lipinski definition) is 0. The van der Waals surface area contributed by atoms with Crippen molar-refractivity contribution in [1.29, 1.82) is 0 Å². The SMILES string of the molecule is [Li+].[Li+].[S-2].[S-2].[S-2].[Ti+4]. The molecule has 0 aliphatic heterocycles. The van der Waals surface area contributed by atoms with Gasteiger partial charge in [0.25, 0.3) is 0 Å². The Morgan fingerprint density at radius 2 is 0.500 bits per heavy atom. The molecule has 0 aromatic heterocycles. The molecule has 0 saturated carbocycles. The van der Waals surface area contributed by atoms with Gasteiger partial charge in [-0.15, -0.1) is 0 Å². The monoisotopic (exact) mass is 158 g/mol. The van der Waals surface area contributed by atoms with Gasteiger partial charge in [0.1, 0.15) is 0 Å². The molecule has 0 radical (unpaired) electrons. The van der Waals surface area contributed by atoms with Gasteiger partial charge in [0.05, 0.1) is 0 Å². The van der Waals surface area contributed by atoms with Crippen LogP contribution in [0.5, 0.6) is 0 Å². The Bertz CT molecular complexity index is 8.75. The largest absolute Gasteiger partial charge is 4.00 e. The molecule has 0 rings (SSSR count). The van der Waals surface area contributed by atoms with Crippen molar-refractivity contribution in [2.75, 3.05) is 0 Å². The van der Waals surface area contributed by atoms with Crippen LogP contribution in [0.2, 0.25) is 0 Å². The van der Waals surface area contributed by atoms with E-state index in [9.17, 15) is 0 Å². The second-order valence-corrected chi connectivity index (χ2v) is 0. The van der Waals surface area contributed by atoms with E-state index in [4.69, 9.17) is 0 Å². The van der Waals surface area contributed by atoms with Crippen molar-refractivity contribution in [2.45, 2.75) is 0 Å². The fourth-order valence-corrected chi connectivity index (χ4v) is 0. The molecule has 0 aliphatic rings. The van der Waals surface area contributed by atoms with Crippen LogP contribution in [0, 0.1) is 0 Å². The standard InChI is InChI=1S/2Li.3S.Ti/q2*+1;3*-2;+4. The predicted octanol–water partition coefficient (Wildman–Crippen LogP) is -6.00. The minimum absolute atomic E-state index is 0. The van der Waals surface area contributed by atoms with Crippen molar-refractivity contribution >= 4 is 40.5 Å². The normalized spacial score (nSPS) is 0. The van der Waals surface area contributed by atoms with Gasteiger partial charge in [-0.25, -0.2) is 0 Å². The second kappa shape index (κ2) is 44.0. The van der Waals surface area contributed by atoms with Crippen LogP contribution in [0.4, 0.5) is 0 Å². The van der Waals surface area contributed by atoms with E-state index in [-0.39, 0.29) is 99.9 Å². The summed E-state index contributed by atoms with van der Waals surface area (Å²) in [4.78, 5) is 0. The molecule has 0 heterocycles. The first-order chi connectivity index (χ1) is 0. The van der Waals surface area contributed by atoms with Crippen LogP contribution in [0.25, 0.3) is 0 Å². The summed E-state index contributed by atoms with van der Waals surface area (Å²) in [7, 11) is 0.